The van der Waals surface area contributed by atoms with Gasteiger partial charge in [-0.1, -0.05) is 72.8 Å². The summed E-state index contributed by atoms with van der Waals surface area (Å²) >= 11 is 0. The number of fused-ring (bicyclic) bond motifs is 2. The largest absolute Gasteiger partial charge is 0.0851 e. The molecule has 1 fully saturated rings. The highest BCUT2D eigenvalue weighted by Gasteiger charge is 2.40. The molecular formula is C19H19P. The van der Waals surface area contributed by atoms with Crippen LogP contribution in [0.25, 0.3) is 0 Å². The van der Waals surface area contributed by atoms with E-state index in [-0.39, 0.29) is 7.92 Å². The third-order valence-electron chi connectivity index (χ3n) is 4.64. The lowest BCUT2D eigenvalue weighted by molar-refractivity contribution is 0.692. The Labute approximate surface area is 122 Å². The minimum atomic E-state index is -0.218. The van der Waals surface area contributed by atoms with Crippen LogP contribution < -0.4 is 10.6 Å². The first-order valence-corrected chi connectivity index (χ1v) is 8.90. The van der Waals surface area contributed by atoms with Crippen LogP contribution in [0.3, 0.4) is 0 Å². The molecule has 0 amide bonds. The monoisotopic (exact) mass is 278 g/mol. The molecule has 2 aliphatic carbocycles. The smallest absolute Gasteiger partial charge is 0.00601 e. The minimum absolute atomic E-state index is 0.218. The zero-order valence-electron chi connectivity index (χ0n) is 11.5. The Morgan fingerprint density at radius 3 is 1.75 bits per heavy atom. The molecule has 0 spiro atoms. The van der Waals surface area contributed by atoms with Crippen LogP contribution in [0, 0.1) is 11.8 Å². The van der Waals surface area contributed by atoms with Crippen molar-refractivity contribution in [1.82, 2.24) is 0 Å². The summed E-state index contributed by atoms with van der Waals surface area (Å²) in [6, 6.07) is 22.3. The van der Waals surface area contributed by atoms with Crippen LogP contribution in [0.4, 0.5) is 0 Å². The molecule has 100 valence electrons. The minimum Gasteiger partial charge on any atom is -0.0851 e. The molecule has 3 atom stereocenters. The average molecular weight is 278 g/mol. The second kappa shape index (κ2) is 5.19. The summed E-state index contributed by atoms with van der Waals surface area (Å²) in [4.78, 5) is 0. The SMILES string of the molecule is C1=C[C@H]2C[C@@H]1CC2P(c1ccccc1)c1ccccc1. The lowest BCUT2D eigenvalue weighted by atomic mass is 10.1. The summed E-state index contributed by atoms with van der Waals surface area (Å²) in [5, 5.41) is 3.08. The summed E-state index contributed by atoms with van der Waals surface area (Å²) in [6.07, 6.45) is 7.71. The van der Waals surface area contributed by atoms with Crippen LogP contribution in [0.5, 0.6) is 0 Å². The van der Waals surface area contributed by atoms with Gasteiger partial charge in [-0.05, 0) is 48.9 Å². The zero-order valence-corrected chi connectivity index (χ0v) is 12.4. The predicted molar refractivity (Wildman–Crippen MR) is 88.2 cm³/mol. The Morgan fingerprint density at radius 1 is 0.700 bits per heavy atom. The van der Waals surface area contributed by atoms with E-state index in [0.717, 1.165) is 17.5 Å². The van der Waals surface area contributed by atoms with E-state index in [2.05, 4.69) is 72.8 Å². The molecule has 0 aliphatic heterocycles. The summed E-state index contributed by atoms with van der Waals surface area (Å²) < 4.78 is 0. The fourth-order valence-electron chi connectivity index (χ4n) is 3.76. The zero-order chi connectivity index (χ0) is 13.4. The summed E-state index contributed by atoms with van der Waals surface area (Å²) in [6.45, 7) is 0. The van der Waals surface area contributed by atoms with Gasteiger partial charge in [-0.15, -0.1) is 0 Å². The summed E-state index contributed by atoms with van der Waals surface area (Å²) in [7, 11) is -0.218. The highest BCUT2D eigenvalue weighted by atomic mass is 31.1. The summed E-state index contributed by atoms with van der Waals surface area (Å²) in [5.74, 6) is 1.66. The molecule has 2 aromatic carbocycles. The highest BCUT2D eigenvalue weighted by Crippen LogP contribution is 2.54. The Balaban J connectivity index is 1.76. The topological polar surface area (TPSA) is 0 Å². The van der Waals surface area contributed by atoms with Gasteiger partial charge in [0.2, 0.25) is 0 Å². The second-order valence-corrected chi connectivity index (χ2v) is 8.32. The molecule has 0 aromatic heterocycles. The molecule has 0 radical (unpaired) electrons. The van der Waals surface area contributed by atoms with E-state index in [9.17, 15) is 0 Å². The van der Waals surface area contributed by atoms with Crippen molar-refractivity contribution >= 4 is 18.5 Å². The Hall–Kier alpha value is -1.39. The van der Waals surface area contributed by atoms with Gasteiger partial charge in [0.15, 0.2) is 0 Å². The molecule has 2 bridgehead atoms. The van der Waals surface area contributed by atoms with Crippen LogP contribution >= 0.6 is 7.92 Å². The van der Waals surface area contributed by atoms with Crippen molar-refractivity contribution in [3.8, 4) is 0 Å². The van der Waals surface area contributed by atoms with E-state index < -0.39 is 0 Å². The summed E-state index contributed by atoms with van der Waals surface area (Å²) in [5.41, 5.74) is 0.838. The van der Waals surface area contributed by atoms with Crippen molar-refractivity contribution in [2.45, 2.75) is 18.5 Å². The standard InChI is InChI=1S/C19H19P/c1-3-7-17(8-4-1)20(18-9-5-2-6-10-18)19-14-15-11-12-16(19)13-15/h1-12,15-16,19H,13-14H2/t15-,16+,19?/m1/s1. The highest BCUT2D eigenvalue weighted by molar-refractivity contribution is 7.73. The Kier molecular flexibility index (Phi) is 3.20. The second-order valence-electron chi connectivity index (χ2n) is 5.89. The molecule has 1 heteroatoms. The van der Waals surface area contributed by atoms with Gasteiger partial charge >= 0.3 is 0 Å². The number of rotatable bonds is 3. The molecular weight excluding hydrogens is 259 g/mol. The van der Waals surface area contributed by atoms with E-state index in [4.69, 9.17) is 0 Å². The van der Waals surface area contributed by atoms with E-state index in [1.807, 2.05) is 0 Å². The molecule has 1 unspecified atom stereocenters. The Bertz CT molecular complexity index is 563. The fraction of sp³-hybridized carbons (Fsp3) is 0.263. The predicted octanol–water partition coefficient (Wildman–Crippen LogP) is 4.08. The van der Waals surface area contributed by atoms with Crippen molar-refractivity contribution in [2.75, 3.05) is 0 Å². The van der Waals surface area contributed by atoms with Gasteiger partial charge < -0.3 is 0 Å². The van der Waals surface area contributed by atoms with Crippen LogP contribution in [-0.4, -0.2) is 5.66 Å². The lowest BCUT2D eigenvalue weighted by Gasteiger charge is -2.30. The van der Waals surface area contributed by atoms with Gasteiger partial charge in [0, 0.05) is 0 Å². The molecule has 4 rings (SSSR count). The van der Waals surface area contributed by atoms with Crippen LogP contribution in [-0.2, 0) is 0 Å². The number of hydrogen-bond donors (Lipinski definition) is 0. The third kappa shape index (κ3) is 2.13. The molecule has 0 heterocycles. The lowest BCUT2D eigenvalue weighted by Crippen LogP contribution is -2.24. The van der Waals surface area contributed by atoms with Gasteiger partial charge in [0.25, 0.3) is 0 Å². The van der Waals surface area contributed by atoms with Crippen molar-refractivity contribution in [2.24, 2.45) is 11.8 Å². The molecule has 0 saturated heterocycles. The van der Waals surface area contributed by atoms with Gasteiger partial charge in [0.1, 0.15) is 0 Å². The third-order valence-corrected chi connectivity index (χ3v) is 7.61. The molecule has 2 aromatic rings. The molecule has 2 aliphatic rings. The van der Waals surface area contributed by atoms with Crippen molar-refractivity contribution < 1.29 is 0 Å². The van der Waals surface area contributed by atoms with Crippen LogP contribution in [0.2, 0.25) is 0 Å². The van der Waals surface area contributed by atoms with Crippen LogP contribution in [0.1, 0.15) is 12.8 Å². The van der Waals surface area contributed by atoms with E-state index in [1.165, 1.54) is 12.8 Å². The number of benzene rings is 2. The first-order chi connectivity index (χ1) is 9.92. The van der Waals surface area contributed by atoms with Gasteiger partial charge in [-0.3, -0.25) is 0 Å². The molecule has 0 nitrogen and oxygen atoms in total. The quantitative estimate of drug-likeness (QED) is 0.586. The van der Waals surface area contributed by atoms with E-state index in [1.54, 1.807) is 10.6 Å². The Morgan fingerprint density at radius 2 is 1.30 bits per heavy atom. The molecule has 1 saturated carbocycles. The first kappa shape index (κ1) is 12.4. The van der Waals surface area contributed by atoms with E-state index >= 15 is 0 Å². The number of allylic oxidation sites excluding steroid dienone is 2. The van der Waals surface area contributed by atoms with Gasteiger partial charge in [0.05, 0.1) is 0 Å². The van der Waals surface area contributed by atoms with E-state index in [0.29, 0.717) is 0 Å². The maximum absolute atomic E-state index is 2.49. The van der Waals surface area contributed by atoms with Gasteiger partial charge in [-0.2, -0.15) is 0 Å². The normalized spacial score (nSPS) is 27.4. The van der Waals surface area contributed by atoms with Crippen molar-refractivity contribution in [1.29, 1.82) is 0 Å². The fourth-order valence-corrected chi connectivity index (χ4v) is 6.89. The first-order valence-electron chi connectivity index (χ1n) is 7.49. The maximum Gasteiger partial charge on any atom is -0.00601 e. The van der Waals surface area contributed by atoms with Crippen molar-refractivity contribution in [3.63, 3.8) is 0 Å². The average Bonchev–Trinajstić information content (AvgIpc) is 3.13. The molecule has 20 heavy (non-hydrogen) atoms. The number of hydrogen-bond acceptors (Lipinski definition) is 0. The molecule has 0 N–H and O–H groups in total. The maximum atomic E-state index is 2.49. The van der Waals surface area contributed by atoms with Crippen LogP contribution in [0.15, 0.2) is 72.8 Å². The van der Waals surface area contributed by atoms with Crippen molar-refractivity contribution in [3.05, 3.63) is 72.8 Å². The van der Waals surface area contributed by atoms with Gasteiger partial charge in [-0.25, -0.2) is 0 Å².